The van der Waals surface area contributed by atoms with Gasteiger partial charge in [-0.25, -0.2) is 4.98 Å². The van der Waals surface area contributed by atoms with E-state index in [0.29, 0.717) is 34.8 Å². The number of rotatable bonds is 6. The van der Waals surface area contributed by atoms with Crippen molar-refractivity contribution in [1.82, 2.24) is 20.3 Å². The van der Waals surface area contributed by atoms with Crippen molar-refractivity contribution < 1.29 is 4.79 Å². The second-order valence-electron chi connectivity index (χ2n) is 5.16. The number of aromatic amines is 1. The van der Waals surface area contributed by atoms with Gasteiger partial charge in [-0.2, -0.15) is 0 Å². The van der Waals surface area contributed by atoms with Gasteiger partial charge in [-0.3, -0.25) is 14.6 Å². The lowest BCUT2D eigenvalue weighted by molar-refractivity contribution is -0.118. The van der Waals surface area contributed by atoms with Crippen molar-refractivity contribution >= 4 is 28.6 Å². The minimum Gasteiger partial charge on any atom is -0.351 e. The number of hydrogen-bond acceptors (Lipinski definition) is 5. The van der Waals surface area contributed by atoms with Gasteiger partial charge in [-0.05, 0) is 23.8 Å². The van der Waals surface area contributed by atoms with Gasteiger partial charge in [0.05, 0.1) is 22.4 Å². The first kappa shape index (κ1) is 16.2. The highest BCUT2D eigenvalue weighted by atomic mass is 32.2. The van der Waals surface area contributed by atoms with E-state index in [1.54, 1.807) is 30.6 Å². The molecule has 3 rings (SSSR count). The van der Waals surface area contributed by atoms with Crippen LogP contribution in [0.25, 0.3) is 10.9 Å². The number of thioether (sulfide) groups is 1. The van der Waals surface area contributed by atoms with Crippen LogP contribution in [0.2, 0.25) is 0 Å². The van der Waals surface area contributed by atoms with E-state index in [0.717, 1.165) is 5.56 Å². The summed E-state index contributed by atoms with van der Waals surface area (Å²) in [5.41, 5.74) is 1.46. The third-order valence-corrected chi connectivity index (χ3v) is 4.29. The first-order valence-electron chi connectivity index (χ1n) is 7.43. The zero-order valence-corrected chi connectivity index (χ0v) is 13.7. The SMILES string of the molecule is O=C(CSCc1nc2ccccc2c(=O)[nH]1)NCc1cccnc1. The second kappa shape index (κ2) is 7.74. The molecule has 6 nitrogen and oxygen atoms in total. The van der Waals surface area contributed by atoms with Gasteiger partial charge < -0.3 is 10.3 Å². The number of carbonyl (C=O) groups excluding carboxylic acids is 1. The van der Waals surface area contributed by atoms with Crippen LogP contribution >= 0.6 is 11.8 Å². The summed E-state index contributed by atoms with van der Waals surface area (Å²) in [5.74, 6) is 1.28. The van der Waals surface area contributed by atoms with Crippen LogP contribution in [-0.2, 0) is 17.1 Å². The smallest absolute Gasteiger partial charge is 0.258 e. The highest BCUT2D eigenvalue weighted by molar-refractivity contribution is 7.99. The van der Waals surface area contributed by atoms with Crippen molar-refractivity contribution in [2.24, 2.45) is 0 Å². The van der Waals surface area contributed by atoms with Gasteiger partial charge in [-0.1, -0.05) is 18.2 Å². The maximum atomic E-state index is 12.0. The largest absolute Gasteiger partial charge is 0.351 e. The molecule has 1 aromatic carbocycles. The molecule has 0 aliphatic carbocycles. The molecule has 0 atom stereocenters. The topological polar surface area (TPSA) is 87.7 Å². The highest BCUT2D eigenvalue weighted by Crippen LogP contribution is 2.11. The molecule has 122 valence electrons. The van der Waals surface area contributed by atoms with Crippen LogP contribution in [0.1, 0.15) is 11.4 Å². The predicted octanol–water partition coefficient (Wildman–Crippen LogP) is 1.87. The van der Waals surface area contributed by atoms with Crippen molar-refractivity contribution in [2.75, 3.05) is 5.75 Å². The molecular formula is C17H16N4O2S. The molecule has 1 amide bonds. The van der Waals surface area contributed by atoms with Gasteiger partial charge in [0.25, 0.3) is 5.56 Å². The van der Waals surface area contributed by atoms with Crippen molar-refractivity contribution in [3.05, 3.63) is 70.5 Å². The molecule has 0 unspecified atom stereocenters. The number of amides is 1. The fourth-order valence-corrected chi connectivity index (χ4v) is 2.92. The van der Waals surface area contributed by atoms with E-state index < -0.39 is 0 Å². The normalized spacial score (nSPS) is 10.7. The molecule has 2 N–H and O–H groups in total. The zero-order valence-electron chi connectivity index (χ0n) is 12.9. The summed E-state index contributed by atoms with van der Waals surface area (Å²) in [5, 5.41) is 3.40. The van der Waals surface area contributed by atoms with Crippen molar-refractivity contribution in [3.63, 3.8) is 0 Å². The number of aromatic nitrogens is 3. The van der Waals surface area contributed by atoms with Crippen molar-refractivity contribution in [2.45, 2.75) is 12.3 Å². The molecule has 0 spiro atoms. The summed E-state index contributed by atoms with van der Waals surface area (Å²) in [4.78, 5) is 35.0. The number of nitrogens with zero attached hydrogens (tertiary/aromatic N) is 2. The maximum absolute atomic E-state index is 12.0. The lowest BCUT2D eigenvalue weighted by Crippen LogP contribution is -2.24. The second-order valence-corrected chi connectivity index (χ2v) is 6.15. The number of H-pyrrole nitrogens is 1. The summed E-state index contributed by atoms with van der Waals surface area (Å²) in [6, 6.07) is 10.9. The Labute approximate surface area is 142 Å². The van der Waals surface area contributed by atoms with Gasteiger partial charge in [0.2, 0.25) is 5.91 Å². The molecule has 0 saturated heterocycles. The molecular weight excluding hydrogens is 324 g/mol. The standard InChI is InChI=1S/C17H16N4O2S/c22-16(19-9-12-4-3-7-18-8-12)11-24-10-15-20-14-6-2-1-5-13(14)17(23)21-15/h1-8H,9-11H2,(H,19,22)(H,20,21,23). The summed E-state index contributed by atoms with van der Waals surface area (Å²) in [6.07, 6.45) is 3.41. The lowest BCUT2D eigenvalue weighted by atomic mass is 10.2. The average molecular weight is 340 g/mol. The third kappa shape index (κ3) is 4.20. The van der Waals surface area contributed by atoms with Crippen LogP contribution < -0.4 is 10.9 Å². The quantitative estimate of drug-likeness (QED) is 0.715. The fraction of sp³-hybridized carbons (Fsp3) is 0.176. The van der Waals surface area contributed by atoms with E-state index in [1.807, 2.05) is 18.2 Å². The first-order chi connectivity index (χ1) is 11.7. The summed E-state index contributed by atoms with van der Waals surface area (Å²) < 4.78 is 0. The Morgan fingerprint density at radius 2 is 2.08 bits per heavy atom. The molecule has 7 heteroatoms. The molecule has 2 aromatic heterocycles. The van der Waals surface area contributed by atoms with Crippen LogP contribution in [0, 0.1) is 0 Å². The number of nitrogens with one attached hydrogen (secondary N) is 2. The van der Waals surface area contributed by atoms with Crippen LogP contribution in [-0.4, -0.2) is 26.6 Å². The molecule has 0 aliphatic heterocycles. The van der Waals surface area contributed by atoms with Crippen molar-refractivity contribution in [1.29, 1.82) is 0 Å². The number of benzene rings is 1. The van der Waals surface area contributed by atoms with Crippen LogP contribution in [0.4, 0.5) is 0 Å². The number of pyridine rings is 1. The van der Waals surface area contributed by atoms with Gasteiger partial charge in [-0.15, -0.1) is 11.8 Å². The van der Waals surface area contributed by atoms with E-state index in [4.69, 9.17) is 0 Å². The minimum absolute atomic E-state index is 0.0630. The Kier molecular flexibility index (Phi) is 5.22. The summed E-state index contributed by atoms with van der Waals surface area (Å²) in [7, 11) is 0. The number of carbonyl (C=O) groups is 1. The fourth-order valence-electron chi connectivity index (χ4n) is 2.20. The maximum Gasteiger partial charge on any atom is 0.258 e. The molecule has 0 fully saturated rings. The number of fused-ring (bicyclic) bond motifs is 1. The van der Waals surface area contributed by atoms with Crippen molar-refractivity contribution in [3.8, 4) is 0 Å². The van der Waals surface area contributed by atoms with Crippen LogP contribution in [0.15, 0.2) is 53.6 Å². The molecule has 0 bridgehead atoms. The Bertz CT molecular complexity index is 896. The van der Waals surface area contributed by atoms with Gasteiger partial charge in [0.1, 0.15) is 5.82 Å². The molecule has 24 heavy (non-hydrogen) atoms. The monoisotopic (exact) mass is 340 g/mol. The summed E-state index contributed by atoms with van der Waals surface area (Å²) in [6.45, 7) is 0.457. The van der Waals surface area contributed by atoms with E-state index in [9.17, 15) is 9.59 Å². The van der Waals surface area contributed by atoms with Crippen LogP contribution in [0.5, 0.6) is 0 Å². The Morgan fingerprint density at radius 1 is 1.21 bits per heavy atom. The van der Waals surface area contributed by atoms with Crippen LogP contribution in [0.3, 0.4) is 0 Å². The predicted molar refractivity (Wildman–Crippen MR) is 94.6 cm³/mol. The Morgan fingerprint density at radius 3 is 2.92 bits per heavy atom. The Hall–Kier alpha value is -2.67. The van der Waals surface area contributed by atoms with Gasteiger partial charge >= 0.3 is 0 Å². The third-order valence-electron chi connectivity index (χ3n) is 3.35. The molecule has 0 radical (unpaired) electrons. The van der Waals surface area contributed by atoms with E-state index in [2.05, 4.69) is 20.3 Å². The molecule has 0 aliphatic rings. The van der Waals surface area contributed by atoms with E-state index >= 15 is 0 Å². The van der Waals surface area contributed by atoms with Gasteiger partial charge in [0.15, 0.2) is 0 Å². The number of hydrogen-bond donors (Lipinski definition) is 2. The molecule has 0 saturated carbocycles. The number of para-hydroxylation sites is 1. The highest BCUT2D eigenvalue weighted by Gasteiger charge is 2.06. The van der Waals surface area contributed by atoms with E-state index in [-0.39, 0.29) is 11.5 Å². The molecule has 3 aromatic rings. The average Bonchev–Trinajstić information content (AvgIpc) is 2.61. The molecule has 2 heterocycles. The minimum atomic E-state index is -0.155. The lowest BCUT2D eigenvalue weighted by Gasteiger charge is -2.05. The summed E-state index contributed by atoms with van der Waals surface area (Å²) >= 11 is 1.41. The van der Waals surface area contributed by atoms with Gasteiger partial charge in [0, 0.05) is 18.9 Å². The Balaban J connectivity index is 1.51. The van der Waals surface area contributed by atoms with E-state index in [1.165, 1.54) is 11.8 Å². The first-order valence-corrected chi connectivity index (χ1v) is 8.59. The zero-order chi connectivity index (χ0) is 16.8.